The lowest BCUT2D eigenvalue weighted by molar-refractivity contribution is 0.106. The molecule has 2 unspecified atom stereocenters. The number of benzene rings is 1. The number of hydrogen-bond donors (Lipinski definition) is 2. The van der Waals surface area contributed by atoms with E-state index >= 15 is 0 Å². The fourth-order valence-electron chi connectivity index (χ4n) is 1.63. The van der Waals surface area contributed by atoms with Crippen molar-refractivity contribution in [1.82, 2.24) is 5.32 Å². The van der Waals surface area contributed by atoms with E-state index in [1.54, 1.807) is 6.26 Å². The van der Waals surface area contributed by atoms with Gasteiger partial charge in [0.15, 0.2) is 0 Å². The summed E-state index contributed by atoms with van der Waals surface area (Å²) in [6, 6.07) is 7.75. The van der Waals surface area contributed by atoms with Crippen molar-refractivity contribution in [2.45, 2.75) is 19.4 Å². The van der Waals surface area contributed by atoms with Gasteiger partial charge >= 0.3 is 0 Å². The van der Waals surface area contributed by atoms with E-state index in [2.05, 4.69) is 5.32 Å². The Morgan fingerprint density at radius 1 is 1.47 bits per heavy atom. The Morgan fingerprint density at radius 2 is 2.26 bits per heavy atom. The van der Waals surface area contributed by atoms with Gasteiger partial charge < -0.3 is 15.2 Å². The van der Waals surface area contributed by atoms with Crippen molar-refractivity contribution in [3.05, 3.63) is 29.8 Å². The molecule has 0 bridgehead atoms. The summed E-state index contributed by atoms with van der Waals surface area (Å²) >= 11 is 0. The predicted molar refractivity (Wildman–Crippen MR) is 79.1 cm³/mol. The van der Waals surface area contributed by atoms with Crippen LogP contribution in [-0.4, -0.2) is 47.1 Å². The molecule has 2 N–H and O–H groups in total. The van der Waals surface area contributed by atoms with Crippen molar-refractivity contribution in [3.63, 3.8) is 0 Å². The van der Waals surface area contributed by atoms with Crippen LogP contribution >= 0.6 is 0 Å². The van der Waals surface area contributed by atoms with Gasteiger partial charge in [-0.05, 0) is 37.6 Å². The van der Waals surface area contributed by atoms with E-state index in [-0.39, 0.29) is 6.61 Å². The van der Waals surface area contributed by atoms with Crippen LogP contribution in [0.1, 0.15) is 12.0 Å². The molecule has 0 aromatic heterocycles. The summed E-state index contributed by atoms with van der Waals surface area (Å²) in [4.78, 5) is 0. The molecular formula is C14H23NO3S. The van der Waals surface area contributed by atoms with E-state index in [4.69, 9.17) is 4.74 Å². The Bertz CT molecular complexity index is 398. The molecule has 0 amide bonds. The van der Waals surface area contributed by atoms with Gasteiger partial charge in [0.05, 0.1) is 0 Å². The van der Waals surface area contributed by atoms with Gasteiger partial charge in [0.2, 0.25) is 0 Å². The van der Waals surface area contributed by atoms with Crippen LogP contribution in [0.25, 0.3) is 0 Å². The maximum absolute atomic E-state index is 10.8. The fourth-order valence-corrected chi connectivity index (χ4v) is 2.18. The molecule has 108 valence electrons. The minimum Gasteiger partial charge on any atom is -0.491 e. The van der Waals surface area contributed by atoms with Gasteiger partial charge in [-0.2, -0.15) is 0 Å². The maximum Gasteiger partial charge on any atom is 0.119 e. The molecule has 2 atom stereocenters. The molecule has 0 aliphatic heterocycles. The molecular weight excluding hydrogens is 262 g/mol. The summed E-state index contributed by atoms with van der Waals surface area (Å²) in [5.41, 5.74) is 1.14. The lowest BCUT2D eigenvalue weighted by atomic mass is 10.2. The highest BCUT2D eigenvalue weighted by molar-refractivity contribution is 7.84. The normalized spacial score (nSPS) is 14.1. The molecule has 0 heterocycles. The summed E-state index contributed by atoms with van der Waals surface area (Å²) in [6.45, 7) is 3.53. The minimum atomic E-state index is -0.738. The number of ether oxygens (including phenoxy) is 1. The van der Waals surface area contributed by atoms with E-state index in [9.17, 15) is 9.32 Å². The standard InChI is InChI=1S/C14H23NO3S/c1-12-5-3-6-14(9-12)18-11-13(16)10-15-7-4-8-19(2)17/h3,5-6,9,13,15-16H,4,7-8,10-11H2,1-2H3. The average Bonchev–Trinajstić information content (AvgIpc) is 2.35. The molecule has 19 heavy (non-hydrogen) atoms. The van der Waals surface area contributed by atoms with Crippen LogP contribution in [0.3, 0.4) is 0 Å². The molecule has 0 radical (unpaired) electrons. The molecule has 4 nitrogen and oxygen atoms in total. The van der Waals surface area contributed by atoms with E-state index in [0.717, 1.165) is 24.3 Å². The number of rotatable bonds is 9. The number of aliphatic hydroxyl groups is 1. The SMILES string of the molecule is Cc1cccc(OCC(O)CNCCCS(C)=O)c1. The largest absolute Gasteiger partial charge is 0.491 e. The second kappa shape index (κ2) is 9.07. The summed E-state index contributed by atoms with van der Waals surface area (Å²) < 4.78 is 16.3. The summed E-state index contributed by atoms with van der Waals surface area (Å²) in [5.74, 6) is 1.48. The molecule has 0 aliphatic carbocycles. The van der Waals surface area contributed by atoms with Crippen molar-refractivity contribution in [2.75, 3.05) is 31.7 Å². The van der Waals surface area contributed by atoms with Gasteiger partial charge in [-0.3, -0.25) is 4.21 Å². The molecule has 1 aromatic rings. The Kier molecular flexibility index (Phi) is 7.70. The first kappa shape index (κ1) is 16.1. The fraction of sp³-hybridized carbons (Fsp3) is 0.571. The summed E-state index contributed by atoms with van der Waals surface area (Å²) in [7, 11) is -0.738. The van der Waals surface area contributed by atoms with E-state index in [0.29, 0.717) is 12.3 Å². The highest BCUT2D eigenvalue weighted by Crippen LogP contribution is 2.12. The maximum atomic E-state index is 10.8. The van der Waals surface area contributed by atoms with Crippen LogP contribution < -0.4 is 10.1 Å². The van der Waals surface area contributed by atoms with Crippen molar-refractivity contribution < 1.29 is 14.1 Å². The third-order valence-corrected chi connectivity index (χ3v) is 3.46. The average molecular weight is 285 g/mol. The van der Waals surface area contributed by atoms with Gasteiger partial charge in [-0.25, -0.2) is 0 Å². The molecule has 1 rings (SSSR count). The van der Waals surface area contributed by atoms with Crippen LogP contribution in [0, 0.1) is 6.92 Å². The molecule has 5 heteroatoms. The van der Waals surface area contributed by atoms with Gasteiger partial charge in [-0.1, -0.05) is 12.1 Å². The Morgan fingerprint density at radius 3 is 2.95 bits per heavy atom. The minimum absolute atomic E-state index is 0.274. The number of hydrogen-bond acceptors (Lipinski definition) is 4. The third-order valence-electron chi connectivity index (χ3n) is 2.60. The Hall–Kier alpha value is -0.910. The summed E-state index contributed by atoms with van der Waals surface area (Å²) in [6.07, 6.45) is 2.02. The Labute approximate surface area is 117 Å². The number of nitrogens with one attached hydrogen (secondary N) is 1. The van der Waals surface area contributed by atoms with Gasteiger partial charge in [0, 0.05) is 29.4 Å². The van der Waals surface area contributed by atoms with Crippen molar-refractivity contribution in [3.8, 4) is 5.75 Å². The molecule has 0 saturated heterocycles. The van der Waals surface area contributed by atoms with Crippen LogP contribution in [0.4, 0.5) is 0 Å². The van der Waals surface area contributed by atoms with Gasteiger partial charge in [0.1, 0.15) is 18.5 Å². The molecule has 0 spiro atoms. The van der Waals surface area contributed by atoms with Gasteiger partial charge in [0.25, 0.3) is 0 Å². The van der Waals surface area contributed by atoms with Crippen LogP contribution in [-0.2, 0) is 10.8 Å². The molecule has 0 saturated carbocycles. The second-order valence-corrected chi connectivity index (χ2v) is 6.17. The molecule has 0 fully saturated rings. The third kappa shape index (κ3) is 7.97. The number of aryl methyl sites for hydroxylation is 1. The first-order chi connectivity index (χ1) is 9.08. The summed E-state index contributed by atoms with van der Waals surface area (Å²) in [5, 5.41) is 12.9. The first-order valence-corrected chi connectivity index (χ1v) is 8.19. The van der Waals surface area contributed by atoms with Gasteiger partial charge in [-0.15, -0.1) is 0 Å². The highest BCUT2D eigenvalue weighted by Gasteiger charge is 2.04. The predicted octanol–water partition coefficient (Wildman–Crippen LogP) is 1.09. The Balaban J connectivity index is 2.11. The molecule has 0 aliphatic rings. The quantitative estimate of drug-likeness (QED) is 0.667. The van der Waals surface area contributed by atoms with Crippen LogP contribution in [0.15, 0.2) is 24.3 Å². The molecule has 1 aromatic carbocycles. The van der Waals surface area contributed by atoms with E-state index in [1.807, 2.05) is 31.2 Å². The monoisotopic (exact) mass is 285 g/mol. The first-order valence-electron chi connectivity index (χ1n) is 6.46. The van der Waals surface area contributed by atoms with Crippen LogP contribution in [0.5, 0.6) is 5.75 Å². The lowest BCUT2D eigenvalue weighted by Crippen LogP contribution is -2.32. The van der Waals surface area contributed by atoms with E-state index in [1.165, 1.54) is 0 Å². The van der Waals surface area contributed by atoms with Crippen molar-refractivity contribution in [1.29, 1.82) is 0 Å². The number of aliphatic hydroxyl groups excluding tert-OH is 1. The lowest BCUT2D eigenvalue weighted by Gasteiger charge is -2.13. The van der Waals surface area contributed by atoms with Crippen LogP contribution in [0.2, 0.25) is 0 Å². The topological polar surface area (TPSA) is 58.6 Å². The van der Waals surface area contributed by atoms with Crippen molar-refractivity contribution in [2.24, 2.45) is 0 Å². The zero-order chi connectivity index (χ0) is 14.1. The second-order valence-electron chi connectivity index (χ2n) is 4.62. The van der Waals surface area contributed by atoms with Crippen molar-refractivity contribution >= 4 is 10.8 Å². The zero-order valence-electron chi connectivity index (χ0n) is 11.6. The smallest absolute Gasteiger partial charge is 0.119 e. The highest BCUT2D eigenvalue weighted by atomic mass is 32.2. The zero-order valence-corrected chi connectivity index (χ0v) is 12.4. The van der Waals surface area contributed by atoms with E-state index < -0.39 is 16.9 Å².